The fraction of sp³-hybridized carbons (Fsp3) is 0.318. The number of hydrogen-bond acceptors (Lipinski definition) is 3. The first-order chi connectivity index (χ1) is 13.7. The summed E-state index contributed by atoms with van der Waals surface area (Å²) in [7, 11) is 0. The molecular formula is C22H28N6. The molecule has 1 heterocycles. The van der Waals surface area contributed by atoms with Crippen LogP contribution in [0.1, 0.15) is 36.5 Å². The Balaban J connectivity index is 1.61. The Morgan fingerprint density at radius 3 is 2.43 bits per heavy atom. The van der Waals surface area contributed by atoms with E-state index in [1.165, 1.54) is 17.5 Å². The lowest BCUT2D eigenvalue weighted by Gasteiger charge is -2.13. The normalized spacial score (nSPS) is 11.4. The molecule has 0 saturated carbocycles. The number of hydrogen-bond donors (Lipinski definition) is 2. The Morgan fingerprint density at radius 2 is 1.75 bits per heavy atom. The highest BCUT2D eigenvalue weighted by Crippen LogP contribution is 2.09. The van der Waals surface area contributed by atoms with Crippen molar-refractivity contribution in [2.75, 3.05) is 6.54 Å². The second kappa shape index (κ2) is 10.3. The highest BCUT2D eigenvalue weighted by Gasteiger charge is 2.01. The smallest absolute Gasteiger partial charge is 0.191 e. The van der Waals surface area contributed by atoms with Gasteiger partial charge in [0.15, 0.2) is 5.96 Å². The van der Waals surface area contributed by atoms with Crippen molar-refractivity contribution >= 4 is 5.96 Å². The Bertz CT molecular complexity index is 851. The van der Waals surface area contributed by atoms with Gasteiger partial charge >= 0.3 is 0 Å². The minimum Gasteiger partial charge on any atom is -0.356 e. The number of nitrogens with zero attached hydrogens (tertiary/aromatic N) is 4. The number of rotatable bonds is 8. The van der Waals surface area contributed by atoms with Gasteiger partial charge in [0.1, 0.15) is 12.7 Å². The number of nitrogens with one attached hydrogen (secondary N) is 2. The predicted octanol–water partition coefficient (Wildman–Crippen LogP) is 3.61. The van der Waals surface area contributed by atoms with Crippen LogP contribution in [0.3, 0.4) is 0 Å². The van der Waals surface area contributed by atoms with E-state index in [0.29, 0.717) is 6.54 Å². The molecule has 0 fully saturated rings. The Morgan fingerprint density at radius 1 is 1.00 bits per heavy atom. The molecule has 6 heteroatoms. The van der Waals surface area contributed by atoms with Crippen LogP contribution in [0, 0.1) is 6.92 Å². The van der Waals surface area contributed by atoms with Crippen molar-refractivity contribution in [1.29, 1.82) is 0 Å². The van der Waals surface area contributed by atoms with Gasteiger partial charge in [-0.15, -0.1) is 0 Å². The largest absolute Gasteiger partial charge is 0.356 e. The van der Waals surface area contributed by atoms with Crippen molar-refractivity contribution < 1.29 is 0 Å². The zero-order chi connectivity index (χ0) is 19.6. The van der Waals surface area contributed by atoms with Crippen molar-refractivity contribution in [3.05, 3.63) is 77.9 Å². The molecule has 0 saturated heterocycles. The molecule has 6 nitrogen and oxygen atoms in total. The Kier molecular flexibility index (Phi) is 7.18. The van der Waals surface area contributed by atoms with E-state index in [0.717, 1.165) is 43.1 Å². The van der Waals surface area contributed by atoms with Crippen LogP contribution in [0.2, 0.25) is 0 Å². The molecule has 0 aliphatic heterocycles. The SMILES string of the molecule is CCCCNC(=NCc1ccc(-n2cncn2)cc1)NCc1ccc(C)cc1. The van der Waals surface area contributed by atoms with Gasteiger partial charge in [0, 0.05) is 13.1 Å². The van der Waals surface area contributed by atoms with Gasteiger partial charge in [-0.25, -0.2) is 14.7 Å². The van der Waals surface area contributed by atoms with Crippen LogP contribution in [-0.4, -0.2) is 27.3 Å². The maximum absolute atomic E-state index is 4.75. The molecule has 28 heavy (non-hydrogen) atoms. The Labute approximate surface area is 166 Å². The summed E-state index contributed by atoms with van der Waals surface area (Å²) < 4.78 is 1.74. The molecule has 2 N–H and O–H groups in total. The minimum absolute atomic E-state index is 0.618. The average Bonchev–Trinajstić information content (AvgIpc) is 3.26. The summed E-state index contributed by atoms with van der Waals surface area (Å²) in [4.78, 5) is 8.73. The molecule has 0 bridgehead atoms. The van der Waals surface area contributed by atoms with Crippen molar-refractivity contribution in [2.45, 2.75) is 39.8 Å². The van der Waals surface area contributed by atoms with Gasteiger partial charge in [0.05, 0.1) is 12.2 Å². The molecule has 3 rings (SSSR count). The molecule has 146 valence electrons. The van der Waals surface area contributed by atoms with Gasteiger partial charge < -0.3 is 10.6 Å². The van der Waals surface area contributed by atoms with Crippen LogP contribution < -0.4 is 10.6 Å². The summed E-state index contributed by atoms with van der Waals surface area (Å²) in [5.74, 6) is 0.842. The monoisotopic (exact) mass is 376 g/mol. The molecule has 0 atom stereocenters. The van der Waals surface area contributed by atoms with E-state index >= 15 is 0 Å². The fourth-order valence-corrected chi connectivity index (χ4v) is 2.72. The summed E-state index contributed by atoms with van der Waals surface area (Å²) in [6.07, 6.45) is 5.50. The number of benzene rings is 2. The van der Waals surface area contributed by atoms with Crippen LogP contribution in [0.4, 0.5) is 0 Å². The predicted molar refractivity (Wildman–Crippen MR) is 113 cm³/mol. The average molecular weight is 377 g/mol. The number of unbranched alkanes of at least 4 members (excludes halogenated alkanes) is 1. The third-order valence-electron chi connectivity index (χ3n) is 4.44. The minimum atomic E-state index is 0.618. The van der Waals surface area contributed by atoms with Gasteiger partial charge in [-0.05, 0) is 36.6 Å². The number of aliphatic imine (C=N–C) groups is 1. The van der Waals surface area contributed by atoms with E-state index in [4.69, 9.17) is 4.99 Å². The lowest BCUT2D eigenvalue weighted by molar-refractivity contribution is 0.724. The maximum atomic E-state index is 4.75. The molecule has 0 aliphatic rings. The zero-order valence-corrected chi connectivity index (χ0v) is 16.6. The first-order valence-electron chi connectivity index (χ1n) is 9.76. The maximum Gasteiger partial charge on any atom is 0.191 e. The van der Waals surface area contributed by atoms with Gasteiger partial charge in [-0.2, -0.15) is 5.10 Å². The van der Waals surface area contributed by atoms with E-state index in [9.17, 15) is 0 Å². The van der Waals surface area contributed by atoms with Crippen LogP contribution in [0.15, 0.2) is 66.2 Å². The lowest BCUT2D eigenvalue weighted by atomic mass is 10.1. The van der Waals surface area contributed by atoms with E-state index in [1.807, 2.05) is 12.1 Å². The number of guanidine groups is 1. The van der Waals surface area contributed by atoms with Crippen molar-refractivity contribution in [1.82, 2.24) is 25.4 Å². The second-order valence-electron chi connectivity index (χ2n) is 6.79. The molecular weight excluding hydrogens is 348 g/mol. The van der Waals surface area contributed by atoms with Crippen LogP contribution in [0.25, 0.3) is 5.69 Å². The molecule has 0 spiro atoms. The molecule has 1 aromatic heterocycles. The first kappa shape index (κ1) is 19.6. The van der Waals surface area contributed by atoms with Crippen LogP contribution >= 0.6 is 0 Å². The summed E-state index contributed by atoms with van der Waals surface area (Å²) in [6, 6.07) is 16.8. The molecule has 3 aromatic rings. The van der Waals surface area contributed by atoms with Gasteiger partial charge in [-0.1, -0.05) is 55.3 Å². The molecule has 0 unspecified atom stereocenters. The molecule has 2 aromatic carbocycles. The zero-order valence-electron chi connectivity index (χ0n) is 16.6. The van der Waals surface area contributed by atoms with Gasteiger partial charge in [0.25, 0.3) is 0 Å². The van der Waals surface area contributed by atoms with E-state index < -0.39 is 0 Å². The van der Waals surface area contributed by atoms with Crippen molar-refractivity contribution in [3.8, 4) is 5.69 Å². The van der Waals surface area contributed by atoms with Crippen LogP contribution in [0.5, 0.6) is 0 Å². The summed E-state index contributed by atoms with van der Waals surface area (Å²) in [6.45, 7) is 6.58. The highest BCUT2D eigenvalue weighted by atomic mass is 15.3. The summed E-state index contributed by atoms with van der Waals surface area (Å²) >= 11 is 0. The van der Waals surface area contributed by atoms with E-state index in [2.05, 4.69) is 71.0 Å². The standard InChI is InChI=1S/C22H28N6/c1-3-4-13-24-22(25-14-19-7-5-18(2)6-8-19)26-15-20-9-11-21(12-10-20)28-17-23-16-27-28/h5-12,16-17H,3-4,13-15H2,1-2H3,(H2,24,25,26). The Hall–Kier alpha value is -3.15. The second-order valence-corrected chi connectivity index (χ2v) is 6.79. The van der Waals surface area contributed by atoms with Gasteiger partial charge in [0.2, 0.25) is 0 Å². The molecule has 0 amide bonds. The van der Waals surface area contributed by atoms with Crippen molar-refractivity contribution in [3.63, 3.8) is 0 Å². The highest BCUT2D eigenvalue weighted by molar-refractivity contribution is 5.79. The third kappa shape index (κ3) is 5.94. The summed E-state index contributed by atoms with van der Waals surface area (Å²) in [5, 5.41) is 11.0. The van der Waals surface area contributed by atoms with Gasteiger partial charge in [-0.3, -0.25) is 0 Å². The molecule has 0 aliphatic carbocycles. The van der Waals surface area contributed by atoms with E-state index in [-0.39, 0.29) is 0 Å². The lowest BCUT2D eigenvalue weighted by Crippen LogP contribution is -2.37. The van der Waals surface area contributed by atoms with Crippen molar-refractivity contribution in [2.24, 2.45) is 4.99 Å². The first-order valence-corrected chi connectivity index (χ1v) is 9.76. The number of aryl methyl sites for hydroxylation is 1. The summed E-state index contributed by atoms with van der Waals surface area (Å²) in [5.41, 5.74) is 4.65. The molecule has 0 radical (unpaired) electrons. The topological polar surface area (TPSA) is 67.1 Å². The van der Waals surface area contributed by atoms with E-state index in [1.54, 1.807) is 11.0 Å². The van der Waals surface area contributed by atoms with Crippen LogP contribution in [-0.2, 0) is 13.1 Å². The third-order valence-corrected chi connectivity index (χ3v) is 4.44. The quantitative estimate of drug-likeness (QED) is 0.358. The fourth-order valence-electron chi connectivity index (χ4n) is 2.72. The number of aromatic nitrogens is 3.